The van der Waals surface area contributed by atoms with Crippen molar-refractivity contribution in [2.75, 3.05) is 0 Å². The van der Waals surface area contributed by atoms with Crippen LogP contribution in [-0.4, -0.2) is 19.9 Å². The molecule has 4 nitrogen and oxygen atoms in total. The van der Waals surface area contributed by atoms with Crippen molar-refractivity contribution in [2.24, 2.45) is 0 Å². The summed E-state index contributed by atoms with van der Waals surface area (Å²) in [4.78, 5) is 14.4. The molecule has 0 N–H and O–H groups in total. The van der Waals surface area contributed by atoms with E-state index in [0.29, 0.717) is 11.4 Å². The molecular formula is C23H12F6N4Pt. The standard InChI is InChI=1S/C23H12F6N4.Pt/c1-23(2,17-7-3-5-15(30-17)11-9-13(24)21(28)32-19(11)26)18-8-4-6-16(31-18)12-10-14(25)22(29)33-20(12)27;/h3-8H,1-2H3;/q-2;+2. The van der Waals surface area contributed by atoms with E-state index in [9.17, 15) is 26.3 Å². The van der Waals surface area contributed by atoms with Crippen LogP contribution in [0.4, 0.5) is 26.3 Å². The first kappa shape index (κ1) is 25.5. The van der Waals surface area contributed by atoms with Crippen LogP contribution in [0.5, 0.6) is 0 Å². The fourth-order valence-corrected chi connectivity index (χ4v) is 3.12. The van der Waals surface area contributed by atoms with E-state index in [4.69, 9.17) is 0 Å². The number of aromatic nitrogens is 4. The first-order chi connectivity index (χ1) is 15.6. The second kappa shape index (κ2) is 9.62. The summed E-state index contributed by atoms with van der Waals surface area (Å²) < 4.78 is 81.6. The Morgan fingerprint density at radius 2 is 0.971 bits per heavy atom. The second-order valence-corrected chi connectivity index (χ2v) is 7.46. The Kier molecular flexibility index (Phi) is 7.21. The van der Waals surface area contributed by atoms with Gasteiger partial charge in [-0.1, -0.05) is 47.5 Å². The van der Waals surface area contributed by atoms with Crippen LogP contribution in [-0.2, 0) is 26.5 Å². The van der Waals surface area contributed by atoms with Gasteiger partial charge in [-0.2, -0.15) is 0 Å². The van der Waals surface area contributed by atoms with Gasteiger partial charge < -0.3 is 9.97 Å². The maximum absolute atomic E-state index is 14.1. The van der Waals surface area contributed by atoms with Crippen LogP contribution >= 0.6 is 0 Å². The molecule has 11 heteroatoms. The van der Waals surface area contributed by atoms with Crippen molar-refractivity contribution >= 4 is 0 Å². The molecule has 0 aliphatic rings. The molecule has 0 bridgehead atoms. The van der Waals surface area contributed by atoms with Gasteiger partial charge in [0.25, 0.3) is 0 Å². The maximum Gasteiger partial charge on any atom is 2.00 e. The Balaban J connectivity index is 0.00000324. The van der Waals surface area contributed by atoms with Crippen LogP contribution < -0.4 is 0 Å². The molecule has 34 heavy (non-hydrogen) atoms. The number of hydrogen-bond donors (Lipinski definition) is 0. The average molecular weight is 653 g/mol. The van der Waals surface area contributed by atoms with E-state index in [0.717, 1.165) is 0 Å². The van der Waals surface area contributed by atoms with Gasteiger partial charge in [0.2, 0.25) is 0 Å². The van der Waals surface area contributed by atoms with Crippen LogP contribution in [0.25, 0.3) is 22.5 Å². The summed E-state index contributed by atoms with van der Waals surface area (Å²) in [6.45, 7) is 3.41. The molecule has 0 amide bonds. The molecule has 4 aromatic rings. The summed E-state index contributed by atoms with van der Waals surface area (Å²) in [5.41, 5.74) is -1.31. The van der Waals surface area contributed by atoms with Gasteiger partial charge in [-0.05, 0) is 37.4 Å². The Morgan fingerprint density at radius 1 is 0.588 bits per heavy atom. The third-order valence-corrected chi connectivity index (χ3v) is 4.93. The number of pyridine rings is 4. The van der Waals surface area contributed by atoms with E-state index in [1.807, 2.05) is 12.1 Å². The van der Waals surface area contributed by atoms with Gasteiger partial charge in [0, 0.05) is 16.8 Å². The fourth-order valence-electron chi connectivity index (χ4n) is 3.12. The number of hydrogen-bond acceptors (Lipinski definition) is 4. The van der Waals surface area contributed by atoms with Crippen molar-refractivity contribution in [2.45, 2.75) is 19.3 Å². The normalized spacial score (nSPS) is 11.3. The molecule has 0 unspecified atom stereocenters. The van der Waals surface area contributed by atoms with E-state index in [1.54, 1.807) is 26.0 Å². The molecule has 0 saturated heterocycles. The van der Waals surface area contributed by atoms with Crippen LogP contribution in [0.15, 0.2) is 36.4 Å². The van der Waals surface area contributed by atoms with E-state index in [2.05, 4.69) is 19.9 Å². The second-order valence-electron chi connectivity index (χ2n) is 7.46. The Labute approximate surface area is 204 Å². The Morgan fingerprint density at radius 3 is 1.35 bits per heavy atom. The van der Waals surface area contributed by atoms with Crippen molar-refractivity contribution in [1.82, 2.24) is 19.9 Å². The van der Waals surface area contributed by atoms with E-state index >= 15 is 0 Å². The Bertz CT molecular complexity index is 1280. The van der Waals surface area contributed by atoms with Crippen LogP contribution in [0.2, 0.25) is 0 Å². The molecule has 4 rings (SSSR count). The molecule has 0 radical (unpaired) electrons. The SMILES string of the molecule is CC(C)(c1cccc(-c2[c-]c(F)c(F)nc2F)n1)c1cccc(-c2[c-]c(F)c(F)nc2F)n1.[Pt+2]. The van der Waals surface area contributed by atoms with Crippen molar-refractivity contribution in [3.63, 3.8) is 0 Å². The van der Waals surface area contributed by atoms with Gasteiger partial charge in [0.15, 0.2) is 11.9 Å². The molecule has 0 aromatic carbocycles. The average Bonchev–Trinajstić information content (AvgIpc) is 2.79. The summed E-state index contributed by atoms with van der Waals surface area (Å²) in [6, 6.07) is 12.9. The third kappa shape index (κ3) is 4.73. The monoisotopic (exact) mass is 653 g/mol. The number of rotatable bonds is 4. The van der Waals surface area contributed by atoms with Crippen molar-refractivity contribution < 1.29 is 47.4 Å². The summed E-state index contributed by atoms with van der Waals surface area (Å²) >= 11 is 0. The van der Waals surface area contributed by atoms with Gasteiger partial charge >= 0.3 is 21.1 Å². The van der Waals surface area contributed by atoms with Crippen LogP contribution in [0.3, 0.4) is 0 Å². The van der Waals surface area contributed by atoms with Gasteiger partial charge in [-0.15, -0.1) is 0 Å². The molecule has 0 aliphatic carbocycles. The molecule has 176 valence electrons. The minimum absolute atomic E-state index is 0. The summed E-state index contributed by atoms with van der Waals surface area (Å²) in [6.07, 6.45) is 0. The van der Waals surface area contributed by atoms with Crippen LogP contribution in [0.1, 0.15) is 25.2 Å². The van der Waals surface area contributed by atoms with Gasteiger partial charge in [-0.3, -0.25) is 9.97 Å². The molecular weight excluding hydrogens is 641 g/mol. The smallest absolute Gasteiger partial charge is 0.300 e. The van der Waals surface area contributed by atoms with E-state index in [1.165, 1.54) is 24.3 Å². The molecule has 0 saturated carbocycles. The zero-order chi connectivity index (χ0) is 23.9. The largest absolute Gasteiger partial charge is 2.00 e. The molecule has 0 fully saturated rings. The molecule has 0 spiro atoms. The van der Waals surface area contributed by atoms with Crippen molar-refractivity contribution in [3.8, 4) is 22.5 Å². The van der Waals surface area contributed by atoms with E-state index in [-0.39, 0.29) is 32.5 Å². The molecule has 4 aromatic heterocycles. The maximum atomic E-state index is 14.1. The zero-order valence-electron chi connectivity index (χ0n) is 17.3. The number of nitrogens with zero attached hydrogens (tertiary/aromatic N) is 4. The van der Waals surface area contributed by atoms with Gasteiger partial charge in [-0.25, -0.2) is 26.3 Å². The quantitative estimate of drug-likeness (QED) is 0.169. The minimum Gasteiger partial charge on any atom is -0.300 e. The minimum atomic E-state index is -1.62. The van der Waals surface area contributed by atoms with Gasteiger partial charge in [0.1, 0.15) is 11.9 Å². The fraction of sp³-hybridized carbons (Fsp3) is 0.130. The number of halogens is 6. The molecule has 0 aliphatic heterocycles. The summed E-state index contributed by atoms with van der Waals surface area (Å²) in [5.74, 6) is -8.72. The predicted octanol–water partition coefficient (Wildman–Crippen LogP) is 5.36. The van der Waals surface area contributed by atoms with Crippen LogP contribution in [0, 0.1) is 47.6 Å². The Hall–Kier alpha value is -3.13. The first-order valence-corrected chi connectivity index (χ1v) is 9.41. The molecule has 0 atom stereocenters. The van der Waals surface area contributed by atoms with Crippen molar-refractivity contribution in [1.29, 1.82) is 0 Å². The van der Waals surface area contributed by atoms with Crippen molar-refractivity contribution in [3.05, 3.63) is 95.3 Å². The molecule has 4 heterocycles. The first-order valence-electron chi connectivity index (χ1n) is 9.41. The third-order valence-electron chi connectivity index (χ3n) is 4.93. The van der Waals surface area contributed by atoms with Gasteiger partial charge in [0.05, 0.1) is 11.6 Å². The zero-order valence-corrected chi connectivity index (χ0v) is 19.6. The topological polar surface area (TPSA) is 51.6 Å². The summed E-state index contributed by atoms with van der Waals surface area (Å²) in [5, 5.41) is 0. The van der Waals surface area contributed by atoms with E-state index < -0.39 is 52.0 Å². The summed E-state index contributed by atoms with van der Waals surface area (Å²) in [7, 11) is 0. The predicted molar refractivity (Wildman–Crippen MR) is 104 cm³/mol.